The zero-order chi connectivity index (χ0) is 18.2. The SMILES string of the molecule is COC(=O)P(C)(=O)OC(CC(C)C)NC(=O)OCc1ccccc1. The molecule has 1 amide bonds. The molecular weight excluding hydrogens is 333 g/mol. The van der Waals surface area contributed by atoms with Crippen molar-refractivity contribution in [1.82, 2.24) is 5.32 Å². The normalized spacial score (nSPS) is 14.5. The van der Waals surface area contributed by atoms with Crippen LogP contribution in [0.2, 0.25) is 0 Å². The van der Waals surface area contributed by atoms with Crippen molar-refractivity contribution < 1.29 is 28.2 Å². The van der Waals surface area contributed by atoms with E-state index in [1.54, 1.807) is 0 Å². The Balaban J connectivity index is 2.63. The number of carbonyl (C=O) groups excluding carboxylic acids is 2. The molecule has 0 saturated heterocycles. The van der Waals surface area contributed by atoms with E-state index in [1.165, 1.54) is 0 Å². The molecule has 2 atom stereocenters. The Kier molecular flexibility index (Phi) is 7.95. The number of alkyl carbamates (subject to hydrolysis) is 1. The highest BCUT2D eigenvalue weighted by Gasteiger charge is 2.33. The number of ether oxygens (including phenoxy) is 2. The summed E-state index contributed by atoms with van der Waals surface area (Å²) < 4.78 is 27.1. The first-order valence-corrected chi connectivity index (χ1v) is 9.63. The fraction of sp³-hybridized carbons (Fsp3) is 0.500. The van der Waals surface area contributed by atoms with Crippen LogP contribution in [0.3, 0.4) is 0 Å². The standard InChI is InChI=1S/C16H24NO6P/c1-12(2)10-14(23-24(4,20)16(19)21-3)17-15(18)22-11-13-8-6-5-7-9-13/h5-9,12,14H,10-11H2,1-4H3,(H,17,18). The first-order chi connectivity index (χ1) is 11.2. The Morgan fingerprint density at radius 3 is 2.38 bits per heavy atom. The van der Waals surface area contributed by atoms with Gasteiger partial charge in [0.15, 0.2) is 0 Å². The number of hydrogen-bond acceptors (Lipinski definition) is 6. The number of hydrogen-bond donors (Lipinski definition) is 1. The van der Waals surface area contributed by atoms with Crippen molar-refractivity contribution >= 4 is 19.2 Å². The van der Waals surface area contributed by atoms with Crippen molar-refractivity contribution in [1.29, 1.82) is 0 Å². The van der Waals surface area contributed by atoms with Crippen LogP contribution in [0.15, 0.2) is 30.3 Å². The number of nitrogens with one attached hydrogen (secondary N) is 1. The highest BCUT2D eigenvalue weighted by atomic mass is 31.2. The quantitative estimate of drug-likeness (QED) is 0.559. The molecule has 0 aliphatic rings. The third-order valence-electron chi connectivity index (χ3n) is 3.01. The van der Waals surface area contributed by atoms with Crippen LogP contribution in [0.25, 0.3) is 0 Å². The van der Waals surface area contributed by atoms with E-state index in [0.717, 1.165) is 19.3 Å². The summed E-state index contributed by atoms with van der Waals surface area (Å²) in [6.07, 6.45) is -1.26. The summed E-state index contributed by atoms with van der Waals surface area (Å²) in [7, 11) is -2.53. The minimum absolute atomic E-state index is 0.0991. The number of carbonyl (C=O) groups is 2. The lowest BCUT2D eigenvalue weighted by Gasteiger charge is -2.23. The van der Waals surface area contributed by atoms with Crippen LogP contribution in [-0.2, 0) is 25.2 Å². The second kappa shape index (κ2) is 9.45. The number of rotatable bonds is 8. The molecular formula is C16H24NO6P. The van der Waals surface area contributed by atoms with Gasteiger partial charge in [-0.15, -0.1) is 0 Å². The molecule has 134 valence electrons. The van der Waals surface area contributed by atoms with E-state index in [1.807, 2.05) is 44.2 Å². The van der Waals surface area contributed by atoms with Gasteiger partial charge in [-0.05, 0) is 17.9 Å². The maximum absolute atomic E-state index is 12.2. The zero-order valence-electron chi connectivity index (χ0n) is 14.4. The second-order valence-electron chi connectivity index (χ2n) is 5.75. The fourth-order valence-corrected chi connectivity index (χ4v) is 2.95. The van der Waals surface area contributed by atoms with Crippen molar-refractivity contribution in [2.75, 3.05) is 13.8 Å². The monoisotopic (exact) mass is 357 g/mol. The molecule has 24 heavy (non-hydrogen) atoms. The smallest absolute Gasteiger partial charge is 0.409 e. The topological polar surface area (TPSA) is 90.9 Å². The van der Waals surface area contributed by atoms with Crippen molar-refractivity contribution in [3.8, 4) is 0 Å². The summed E-state index contributed by atoms with van der Waals surface area (Å²) in [5.41, 5.74) is -0.111. The molecule has 0 aliphatic carbocycles. The molecule has 0 saturated carbocycles. The molecule has 0 radical (unpaired) electrons. The van der Waals surface area contributed by atoms with Gasteiger partial charge in [0.25, 0.3) is 0 Å². The number of amides is 1. The van der Waals surface area contributed by atoms with Gasteiger partial charge in [-0.3, -0.25) is 14.4 Å². The van der Waals surface area contributed by atoms with Gasteiger partial charge in [-0.2, -0.15) is 0 Å². The number of benzene rings is 1. The molecule has 2 unspecified atom stereocenters. The van der Waals surface area contributed by atoms with Crippen molar-refractivity contribution in [3.05, 3.63) is 35.9 Å². The minimum atomic E-state index is -3.66. The van der Waals surface area contributed by atoms with Crippen LogP contribution in [0.4, 0.5) is 9.59 Å². The maximum atomic E-state index is 12.2. The van der Waals surface area contributed by atoms with Crippen LogP contribution >= 0.6 is 7.37 Å². The van der Waals surface area contributed by atoms with Gasteiger partial charge in [0.2, 0.25) is 0 Å². The Hall–Kier alpha value is -1.85. The van der Waals surface area contributed by atoms with E-state index in [-0.39, 0.29) is 12.5 Å². The molecule has 7 nitrogen and oxygen atoms in total. The van der Waals surface area contributed by atoms with Crippen LogP contribution in [0.1, 0.15) is 25.8 Å². The summed E-state index contributed by atoms with van der Waals surface area (Å²) in [6.45, 7) is 5.07. The zero-order valence-corrected chi connectivity index (χ0v) is 15.2. The molecule has 0 spiro atoms. The van der Waals surface area contributed by atoms with E-state index < -0.39 is 25.4 Å². The lowest BCUT2D eigenvalue weighted by Crippen LogP contribution is -2.38. The van der Waals surface area contributed by atoms with Crippen LogP contribution < -0.4 is 5.32 Å². The van der Waals surface area contributed by atoms with Gasteiger partial charge in [0.05, 0.1) is 7.11 Å². The molecule has 0 aromatic heterocycles. The van der Waals surface area contributed by atoms with Gasteiger partial charge in [0, 0.05) is 6.66 Å². The highest BCUT2D eigenvalue weighted by molar-refractivity contribution is 7.74. The van der Waals surface area contributed by atoms with Crippen LogP contribution in [0.5, 0.6) is 0 Å². The molecule has 0 aliphatic heterocycles. The van der Waals surface area contributed by atoms with Gasteiger partial charge in [0.1, 0.15) is 12.8 Å². The van der Waals surface area contributed by atoms with Gasteiger partial charge in [-0.25, -0.2) is 9.59 Å². The van der Waals surface area contributed by atoms with Crippen LogP contribution in [-0.4, -0.2) is 31.8 Å². The molecule has 0 bridgehead atoms. The van der Waals surface area contributed by atoms with E-state index in [9.17, 15) is 14.2 Å². The highest BCUT2D eigenvalue weighted by Crippen LogP contribution is 2.46. The summed E-state index contributed by atoms with van der Waals surface area (Å²) in [6, 6.07) is 9.19. The molecule has 1 N–H and O–H groups in total. The van der Waals surface area contributed by atoms with Crippen molar-refractivity contribution in [3.63, 3.8) is 0 Å². The summed E-state index contributed by atoms with van der Waals surface area (Å²) in [5, 5.41) is 2.49. The predicted molar refractivity (Wildman–Crippen MR) is 90.0 cm³/mol. The third kappa shape index (κ3) is 7.15. The third-order valence-corrected chi connectivity index (χ3v) is 4.51. The Labute approximate surface area is 142 Å². The first-order valence-electron chi connectivity index (χ1n) is 7.56. The average Bonchev–Trinajstić information content (AvgIpc) is 2.52. The number of methoxy groups -OCH3 is 1. The predicted octanol–water partition coefficient (Wildman–Crippen LogP) is 3.98. The Bertz CT molecular complexity index is 589. The summed E-state index contributed by atoms with van der Waals surface area (Å²) >= 11 is 0. The lowest BCUT2D eigenvalue weighted by atomic mass is 10.1. The molecule has 8 heteroatoms. The van der Waals surface area contributed by atoms with E-state index in [0.29, 0.717) is 6.42 Å². The molecule has 1 aromatic carbocycles. The lowest BCUT2D eigenvalue weighted by molar-refractivity contribution is 0.0968. The van der Waals surface area contributed by atoms with Gasteiger partial charge in [-0.1, -0.05) is 44.2 Å². The summed E-state index contributed by atoms with van der Waals surface area (Å²) in [4.78, 5) is 23.4. The molecule has 1 aromatic rings. The van der Waals surface area contributed by atoms with E-state index in [2.05, 4.69) is 10.1 Å². The van der Waals surface area contributed by atoms with Gasteiger partial charge >= 0.3 is 19.2 Å². The summed E-state index contributed by atoms with van der Waals surface area (Å²) in [5.74, 6) is 0.141. The maximum Gasteiger partial charge on any atom is 0.409 e. The first kappa shape index (κ1) is 20.2. The molecule has 0 fully saturated rings. The Morgan fingerprint density at radius 2 is 1.83 bits per heavy atom. The largest absolute Gasteiger partial charge is 0.462 e. The molecule has 1 rings (SSSR count). The molecule has 0 heterocycles. The van der Waals surface area contributed by atoms with Crippen molar-refractivity contribution in [2.24, 2.45) is 5.92 Å². The fourth-order valence-electron chi connectivity index (χ4n) is 1.90. The van der Waals surface area contributed by atoms with Crippen LogP contribution in [0, 0.1) is 5.92 Å². The minimum Gasteiger partial charge on any atom is -0.462 e. The van der Waals surface area contributed by atoms with Crippen molar-refractivity contribution in [2.45, 2.75) is 33.1 Å². The van der Waals surface area contributed by atoms with Gasteiger partial charge < -0.3 is 9.47 Å². The van der Waals surface area contributed by atoms with E-state index >= 15 is 0 Å². The van der Waals surface area contributed by atoms with E-state index in [4.69, 9.17) is 9.26 Å². The average molecular weight is 357 g/mol. The Morgan fingerprint density at radius 1 is 1.21 bits per heavy atom. The second-order valence-corrected chi connectivity index (χ2v) is 8.01.